The number of halogens is 1. The van der Waals surface area contributed by atoms with Crippen LogP contribution in [0.3, 0.4) is 0 Å². The molecule has 1 aromatic rings. The lowest BCUT2D eigenvalue weighted by molar-refractivity contribution is -0.155. The average molecular weight is 315 g/mol. The molecular weight excluding hydrogens is 300 g/mol. The Morgan fingerprint density at radius 1 is 1.56 bits per heavy atom. The highest BCUT2D eigenvalue weighted by Gasteiger charge is 2.49. The first-order valence-electron chi connectivity index (χ1n) is 5.66. The van der Waals surface area contributed by atoms with Crippen LogP contribution in [-0.4, -0.2) is 31.4 Å². The van der Waals surface area contributed by atoms with Crippen LogP contribution in [-0.2, 0) is 14.9 Å². The number of carboxylic acid groups (broad SMARTS) is 1. The highest BCUT2D eigenvalue weighted by atomic mass is 79.9. The van der Waals surface area contributed by atoms with Crippen LogP contribution in [0.15, 0.2) is 22.7 Å². The Kier molecular flexibility index (Phi) is 3.64. The van der Waals surface area contributed by atoms with E-state index in [1.54, 1.807) is 14.0 Å². The molecular formula is C13H15BrO4. The van der Waals surface area contributed by atoms with Crippen molar-refractivity contribution in [2.24, 2.45) is 5.92 Å². The highest BCUT2D eigenvalue weighted by molar-refractivity contribution is 9.10. The lowest BCUT2D eigenvalue weighted by atomic mass is 9.69. The van der Waals surface area contributed by atoms with E-state index in [0.29, 0.717) is 19.0 Å². The van der Waals surface area contributed by atoms with Gasteiger partial charge in [0.05, 0.1) is 31.7 Å². The van der Waals surface area contributed by atoms with Crippen molar-refractivity contribution in [3.05, 3.63) is 28.2 Å². The minimum atomic E-state index is -0.819. The predicted molar refractivity (Wildman–Crippen MR) is 70.0 cm³/mol. The molecule has 0 aromatic heterocycles. The predicted octanol–water partition coefficient (Wildman–Crippen LogP) is 2.45. The van der Waals surface area contributed by atoms with Crippen LogP contribution in [0, 0.1) is 5.92 Å². The Balaban J connectivity index is 2.50. The maximum absolute atomic E-state index is 11.3. The number of hydrogen-bond donors (Lipinski definition) is 1. The summed E-state index contributed by atoms with van der Waals surface area (Å²) >= 11 is 3.41. The van der Waals surface area contributed by atoms with E-state index in [1.165, 1.54) is 0 Å². The minimum Gasteiger partial charge on any atom is -0.496 e. The fourth-order valence-electron chi connectivity index (χ4n) is 2.27. The second-order valence-electron chi connectivity index (χ2n) is 4.55. The van der Waals surface area contributed by atoms with Crippen molar-refractivity contribution in [3.63, 3.8) is 0 Å². The molecule has 1 saturated heterocycles. The van der Waals surface area contributed by atoms with Crippen molar-refractivity contribution in [1.82, 2.24) is 0 Å². The molecule has 2 rings (SSSR count). The zero-order chi connectivity index (χ0) is 13.3. The van der Waals surface area contributed by atoms with Crippen LogP contribution in [0.1, 0.15) is 12.5 Å². The van der Waals surface area contributed by atoms with Crippen LogP contribution in [0.25, 0.3) is 0 Å². The number of carbonyl (C=O) groups is 1. The van der Waals surface area contributed by atoms with Gasteiger partial charge in [-0.3, -0.25) is 4.79 Å². The van der Waals surface area contributed by atoms with Gasteiger partial charge >= 0.3 is 5.97 Å². The van der Waals surface area contributed by atoms with Gasteiger partial charge in [0.2, 0.25) is 0 Å². The lowest BCUT2D eigenvalue weighted by Gasteiger charge is -2.45. The van der Waals surface area contributed by atoms with E-state index in [4.69, 9.17) is 9.47 Å². The largest absolute Gasteiger partial charge is 0.496 e. The summed E-state index contributed by atoms with van der Waals surface area (Å²) in [6.45, 7) is 2.53. The fraction of sp³-hybridized carbons (Fsp3) is 0.462. The first kappa shape index (κ1) is 13.4. The van der Waals surface area contributed by atoms with E-state index < -0.39 is 17.3 Å². The van der Waals surface area contributed by atoms with Gasteiger partial charge in [-0.1, -0.05) is 22.9 Å². The first-order chi connectivity index (χ1) is 8.51. The van der Waals surface area contributed by atoms with Crippen molar-refractivity contribution in [3.8, 4) is 5.75 Å². The van der Waals surface area contributed by atoms with Crippen LogP contribution in [0.2, 0.25) is 0 Å². The molecule has 1 aliphatic heterocycles. The summed E-state index contributed by atoms with van der Waals surface area (Å²) in [5.41, 5.74) is 0.390. The molecule has 1 aromatic carbocycles. The molecule has 0 saturated carbocycles. The summed E-state index contributed by atoms with van der Waals surface area (Å²) in [5, 5.41) is 9.27. The Morgan fingerprint density at radius 3 is 2.67 bits per heavy atom. The number of rotatable bonds is 4. The summed E-state index contributed by atoms with van der Waals surface area (Å²) in [6, 6.07) is 5.63. The normalized spacial score (nSPS) is 18.8. The van der Waals surface area contributed by atoms with Gasteiger partial charge in [0.25, 0.3) is 0 Å². The number of methoxy groups -OCH3 is 1. The van der Waals surface area contributed by atoms with Crippen molar-refractivity contribution in [2.75, 3.05) is 20.3 Å². The molecule has 0 radical (unpaired) electrons. The van der Waals surface area contributed by atoms with Gasteiger partial charge in [0, 0.05) is 10.0 Å². The molecule has 0 amide bonds. The quantitative estimate of drug-likeness (QED) is 0.927. The summed E-state index contributed by atoms with van der Waals surface area (Å²) in [4.78, 5) is 11.3. The molecule has 4 nitrogen and oxygen atoms in total. The summed E-state index contributed by atoms with van der Waals surface area (Å²) in [5.74, 6) is -0.635. The molecule has 1 atom stereocenters. The molecule has 1 unspecified atom stereocenters. The van der Waals surface area contributed by atoms with Gasteiger partial charge < -0.3 is 14.6 Å². The average Bonchev–Trinajstić information content (AvgIpc) is 2.27. The van der Waals surface area contributed by atoms with E-state index in [-0.39, 0.29) is 0 Å². The van der Waals surface area contributed by atoms with E-state index in [9.17, 15) is 9.90 Å². The zero-order valence-electron chi connectivity index (χ0n) is 10.3. The van der Waals surface area contributed by atoms with Gasteiger partial charge in [-0.25, -0.2) is 0 Å². The molecule has 18 heavy (non-hydrogen) atoms. The van der Waals surface area contributed by atoms with E-state index >= 15 is 0 Å². The topological polar surface area (TPSA) is 55.8 Å². The molecule has 1 fully saturated rings. The Bertz CT molecular complexity index is 468. The summed E-state index contributed by atoms with van der Waals surface area (Å²) in [7, 11) is 1.59. The maximum Gasteiger partial charge on any atom is 0.307 e. The fourth-order valence-corrected chi connectivity index (χ4v) is 2.63. The number of benzene rings is 1. The monoisotopic (exact) mass is 314 g/mol. The zero-order valence-corrected chi connectivity index (χ0v) is 11.9. The Hall–Kier alpha value is -1.07. The third kappa shape index (κ3) is 2.01. The van der Waals surface area contributed by atoms with Gasteiger partial charge in [-0.2, -0.15) is 0 Å². The molecule has 0 aliphatic carbocycles. The third-order valence-electron chi connectivity index (χ3n) is 3.62. The smallest absolute Gasteiger partial charge is 0.307 e. The molecule has 1 N–H and O–H groups in total. The van der Waals surface area contributed by atoms with Crippen molar-refractivity contribution in [2.45, 2.75) is 12.3 Å². The molecule has 1 heterocycles. The molecule has 5 heteroatoms. The number of hydrogen-bond acceptors (Lipinski definition) is 3. The third-order valence-corrected chi connectivity index (χ3v) is 4.11. The Morgan fingerprint density at radius 2 is 2.22 bits per heavy atom. The van der Waals surface area contributed by atoms with E-state index in [0.717, 1.165) is 10.0 Å². The SMILES string of the molecule is COc1ccc(Br)cc1C1(C(C)C(=O)O)COC1. The van der Waals surface area contributed by atoms with Gasteiger partial charge in [0.1, 0.15) is 5.75 Å². The summed E-state index contributed by atoms with van der Waals surface area (Å²) < 4.78 is 11.5. The van der Waals surface area contributed by atoms with Crippen LogP contribution in [0.5, 0.6) is 5.75 Å². The molecule has 1 aliphatic rings. The molecule has 0 spiro atoms. The van der Waals surface area contributed by atoms with Gasteiger partial charge in [-0.15, -0.1) is 0 Å². The van der Waals surface area contributed by atoms with Crippen LogP contribution >= 0.6 is 15.9 Å². The van der Waals surface area contributed by atoms with Gasteiger partial charge in [0.15, 0.2) is 0 Å². The number of ether oxygens (including phenoxy) is 2. The van der Waals surface area contributed by atoms with E-state index in [2.05, 4.69) is 15.9 Å². The van der Waals surface area contributed by atoms with Crippen molar-refractivity contribution < 1.29 is 19.4 Å². The summed E-state index contributed by atoms with van der Waals surface area (Å²) in [6.07, 6.45) is 0. The minimum absolute atomic E-state index is 0.410. The number of aliphatic carboxylic acids is 1. The second-order valence-corrected chi connectivity index (χ2v) is 5.47. The number of carboxylic acids is 1. The second kappa shape index (κ2) is 4.90. The highest BCUT2D eigenvalue weighted by Crippen LogP contribution is 2.44. The first-order valence-corrected chi connectivity index (χ1v) is 6.45. The standard InChI is InChI=1S/C13H15BrO4/c1-8(12(15)16)13(6-18-7-13)10-5-9(14)3-4-11(10)17-2/h3-5,8H,6-7H2,1-2H3,(H,15,16). The van der Waals surface area contributed by atoms with Crippen LogP contribution in [0.4, 0.5) is 0 Å². The van der Waals surface area contributed by atoms with E-state index in [1.807, 2.05) is 18.2 Å². The van der Waals surface area contributed by atoms with Crippen LogP contribution < -0.4 is 4.74 Å². The van der Waals surface area contributed by atoms with Gasteiger partial charge in [-0.05, 0) is 18.2 Å². The van der Waals surface area contributed by atoms with Crippen molar-refractivity contribution >= 4 is 21.9 Å². The maximum atomic E-state index is 11.3. The Labute approximate surface area is 114 Å². The lowest BCUT2D eigenvalue weighted by Crippen LogP contribution is -2.54. The molecule has 98 valence electrons. The molecule has 0 bridgehead atoms. The van der Waals surface area contributed by atoms with Crippen molar-refractivity contribution in [1.29, 1.82) is 0 Å².